The zero-order valence-electron chi connectivity index (χ0n) is 10.00. The minimum atomic E-state index is -0.282. The smallest absolute Gasteiger partial charge is 0.252 e. The second kappa shape index (κ2) is 5.60. The topological polar surface area (TPSA) is 105 Å². The van der Waals surface area contributed by atoms with Crippen LogP contribution in [-0.2, 0) is 0 Å². The number of amides is 1. The molecule has 1 aromatic carbocycles. The van der Waals surface area contributed by atoms with Gasteiger partial charge in [-0.1, -0.05) is 12.1 Å². The van der Waals surface area contributed by atoms with Gasteiger partial charge < -0.3 is 11.1 Å². The van der Waals surface area contributed by atoms with Gasteiger partial charge >= 0.3 is 0 Å². The van der Waals surface area contributed by atoms with E-state index in [1.165, 1.54) is 0 Å². The molecule has 0 aliphatic carbocycles. The van der Waals surface area contributed by atoms with Crippen LogP contribution in [0, 0.1) is 11.3 Å². The summed E-state index contributed by atoms with van der Waals surface area (Å²) in [7, 11) is 0. The molecule has 6 nitrogen and oxygen atoms in total. The Morgan fingerprint density at radius 3 is 2.68 bits per heavy atom. The van der Waals surface area contributed by atoms with Crippen molar-refractivity contribution in [2.45, 2.75) is 0 Å². The van der Waals surface area contributed by atoms with Gasteiger partial charge in [0.2, 0.25) is 5.95 Å². The number of nitrogens with two attached hydrogens (primary N) is 1. The van der Waals surface area contributed by atoms with Crippen molar-refractivity contribution in [3.05, 3.63) is 42.1 Å². The number of carbonyl (C=O) groups excluding carboxylic acids is 1. The Hall–Kier alpha value is -2.94. The molecule has 0 saturated carbocycles. The molecule has 0 spiro atoms. The maximum Gasteiger partial charge on any atom is 0.252 e. The summed E-state index contributed by atoms with van der Waals surface area (Å²) in [5, 5.41) is 10.9. The van der Waals surface area contributed by atoms with E-state index in [0.717, 1.165) is 5.56 Å². The van der Waals surface area contributed by atoms with Crippen LogP contribution in [-0.4, -0.2) is 22.4 Å². The number of hydrogen-bond donors (Lipinski definition) is 2. The van der Waals surface area contributed by atoms with E-state index >= 15 is 0 Å². The molecule has 0 radical (unpaired) electrons. The van der Waals surface area contributed by atoms with Gasteiger partial charge in [0, 0.05) is 17.3 Å². The van der Waals surface area contributed by atoms with Crippen LogP contribution in [0.4, 0.5) is 5.95 Å². The van der Waals surface area contributed by atoms with Crippen LogP contribution in [0.1, 0.15) is 10.4 Å². The van der Waals surface area contributed by atoms with Crippen molar-refractivity contribution in [2.75, 3.05) is 12.3 Å². The first-order chi connectivity index (χ1) is 9.20. The average molecular weight is 253 g/mol. The molecule has 0 aliphatic rings. The molecule has 1 amide bonds. The molecule has 3 N–H and O–H groups in total. The number of benzene rings is 1. The lowest BCUT2D eigenvalue weighted by molar-refractivity contribution is 0.0958. The van der Waals surface area contributed by atoms with Gasteiger partial charge in [-0.05, 0) is 18.2 Å². The van der Waals surface area contributed by atoms with E-state index in [-0.39, 0.29) is 18.4 Å². The number of carbonyl (C=O) groups is 1. The Morgan fingerprint density at radius 1 is 1.32 bits per heavy atom. The summed E-state index contributed by atoms with van der Waals surface area (Å²) >= 11 is 0. The molecule has 94 valence electrons. The van der Waals surface area contributed by atoms with Gasteiger partial charge in [-0.3, -0.25) is 4.79 Å². The third-order valence-corrected chi connectivity index (χ3v) is 2.45. The van der Waals surface area contributed by atoms with Gasteiger partial charge in [0.25, 0.3) is 5.91 Å². The number of nitriles is 1. The number of hydrogen-bond acceptors (Lipinski definition) is 5. The van der Waals surface area contributed by atoms with Crippen LogP contribution in [0.3, 0.4) is 0 Å². The lowest BCUT2D eigenvalue weighted by Gasteiger charge is -2.04. The van der Waals surface area contributed by atoms with Gasteiger partial charge in [0.15, 0.2) is 0 Å². The van der Waals surface area contributed by atoms with Gasteiger partial charge in [0.1, 0.15) is 6.54 Å². The van der Waals surface area contributed by atoms with Crippen molar-refractivity contribution >= 4 is 11.9 Å². The lowest BCUT2D eigenvalue weighted by Crippen LogP contribution is -2.23. The molecular formula is C13H11N5O. The Balaban J connectivity index is 2.19. The molecular weight excluding hydrogens is 242 g/mol. The summed E-state index contributed by atoms with van der Waals surface area (Å²) in [6.07, 6.45) is 1.57. The third-order valence-electron chi connectivity index (χ3n) is 2.45. The van der Waals surface area contributed by atoms with E-state index in [9.17, 15) is 4.79 Å². The van der Waals surface area contributed by atoms with Gasteiger partial charge in [-0.2, -0.15) is 5.26 Å². The maximum absolute atomic E-state index is 11.6. The SMILES string of the molecule is N#CCNC(=O)c1ccc(-c2ccnc(N)n2)cc1. The summed E-state index contributed by atoms with van der Waals surface area (Å²) in [6.45, 7) is -0.0109. The first-order valence-corrected chi connectivity index (χ1v) is 5.55. The molecule has 1 heterocycles. The Labute approximate surface area is 109 Å². The Bertz CT molecular complexity index is 630. The third kappa shape index (κ3) is 3.04. The van der Waals surface area contributed by atoms with Crippen LogP contribution < -0.4 is 11.1 Å². The fourth-order valence-corrected chi connectivity index (χ4v) is 1.55. The summed E-state index contributed by atoms with van der Waals surface area (Å²) in [4.78, 5) is 19.5. The predicted molar refractivity (Wildman–Crippen MR) is 69.8 cm³/mol. The summed E-state index contributed by atoms with van der Waals surface area (Å²) in [6, 6.07) is 10.5. The molecule has 19 heavy (non-hydrogen) atoms. The molecule has 0 unspecified atom stereocenters. The fourth-order valence-electron chi connectivity index (χ4n) is 1.55. The molecule has 2 rings (SSSR count). The zero-order chi connectivity index (χ0) is 13.7. The second-order valence-corrected chi connectivity index (χ2v) is 3.72. The van der Waals surface area contributed by atoms with Crippen LogP contribution >= 0.6 is 0 Å². The van der Waals surface area contributed by atoms with Crippen molar-refractivity contribution in [3.8, 4) is 17.3 Å². The molecule has 0 bridgehead atoms. The number of rotatable bonds is 3. The van der Waals surface area contributed by atoms with E-state index in [0.29, 0.717) is 11.3 Å². The Kier molecular flexibility index (Phi) is 3.69. The van der Waals surface area contributed by atoms with E-state index in [4.69, 9.17) is 11.0 Å². The summed E-state index contributed by atoms with van der Waals surface area (Å²) in [5.41, 5.74) is 7.53. The van der Waals surface area contributed by atoms with Crippen LogP contribution in [0.25, 0.3) is 11.3 Å². The monoisotopic (exact) mass is 253 g/mol. The molecule has 6 heteroatoms. The van der Waals surface area contributed by atoms with E-state index < -0.39 is 0 Å². The molecule has 2 aromatic rings. The molecule has 0 saturated heterocycles. The first kappa shape index (κ1) is 12.5. The number of anilines is 1. The molecule has 1 aromatic heterocycles. The van der Waals surface area contributed by atoms with Crippen LogP contribution in [0.15, 0.2) is 36.5 Å². The standard InChI is InChI=1S/C13H11N5O/c14-6-8-16-12(19)10-3-1-9(2-4-10)11-5-7-17-13(15)18-11/h1-5,7H,8H2,(H,16,19)(H2,15,17,18). The van der Waals surface area contributed by atoms with Crippen LogP contribution in [0.2, 0.25) is 0 Å². The highest BCUT2D eigenvalue weighted by molar-refractivity contribution is 5.94. The minimum absolute atomic E-state index is 0.0109. The summed E-state index contributed by atoms with van der Waals surface area (Å²) < 4.78 is 0. The quantitative estimate of drug-likeness (QED) is 0.793. The second-order valence-electron chi connectivity index (χ2n) is 3.72. The normalized spacial score (nSPS) is 9.63. The van der Waals surface area contributed by atoms with Crippen molar-refractivity contribution in [1.29, 1.82) is 5.26 Å². The van der Waals surface area contributed by atoms with Crippen molar-refractivity contribution < 1.29 is 4.79 Å². The van der Waals surface area contributed by atoms with Gasteiger partial charge in [0.05, 0.1) is 11.8 Å². The highest BCUT2D eigenvalue weighted by Gasteiger charge is 2.05. The largest absolute Gasteiger partial charge is 0.368 e. The molecule has 0 atom stereocenters. The zero-order valence-corrected chi connectivity index (χ0v) is 10.00. The Morgan fingerprint density at radius 2 is 2.05 bits per heavy atom. The van der Waals surface area contributed by atoms with Crippen molar-refractivity contribution in [2.24, 2.45) is 0 Å². The lowest BCUT2D eigenvalue weighted by atomic mass is 10.1. The maximum atomic E-state index is 11.6. The van der Waals surface area contributed by atoms with Crippen molar-refractivity contribution in [1.82, 2.24) is 15.3 Å². The number of nitrogen functional groups attached to an aromatic ring is 1. The first-order valence-electron chi connectivity index (χ1n) is 5.55. The number of aromatic nitrogens is 2. The predicted octanol–water partition coefficient (Wildman–Crippen LogP) is 0.979. The van der Waals surface area contributed by atoms with Gasteiger partial charge in [-0.15, -0.1) is 0 Å². The summed E-state index contributed by atoms with van der Waals surface area (Å²) in [5.74, 6) is -0.0800. The van der Waals surface area contributed by atoms with E-state index in [1.807, 2.05) is 6.07 Å². The number of nitrogens with one attached hydrogen (secondary N) is 1. The molecule has 0 aliphatic heterocycles. The number of nitrogens with zero attached hydrogens (tertiary/aromatic N) is 3. The fraction of sp³-hybridized carbons (Fsp3) is 0.0769. The van der Waals surface area contributed by atoms with Crippen molar-refractivity contribution in [3.63, 3.8) is 0 Å². The molecule has 0 fully saturated rings. The van der Waals surface area contributed by atoms with Gasteiger partial charge in [-0.25, -0.2) is 9.97 Å². The average Bonchev–Trinajstić information content (AvgIpc) is 2.45. The highest BCUT2D eigenvalue weighted by atomic mass is 16.1. The van der Waals surface area contributed by atoms with E-state index in [2.05, 4.69) is 15.3 Å². The highest BCUT2D eigenvalue weighted by Crippen LogP contribution is 2.17. The minimum Gasteiger partial charge on any atom is -0.368 e. The van der Waals surface area contributed by atoms with Crippen LogP contribution in [0.5, 0.6) is 0 Å². The van der Waals surface area contributed by atoms with E-state index in [1.54, 1.807) is 36.5 Å².